The molecule has 1 fully saturated rings. The third-order valence-electron chi connectivity index (χ3n) is 6.65. The van der Waals surface area contributed by atoms with Crippen molar-refractivity contribution in [3.8, 4) is 0 Å². The van der Waals surface area contributed by atoms with E-state index in [1.165, 1.54) is 12.4 Å². The van der Waals surface area contributed by atoms with Gasteiger partial charge in [0.05, 0.1) is 12.1 Å². The van der Waals surface area contributed by atoms with Crippen LogP contribution in [0.1, 0.15) is 84.0 Å². The molecule has 0 spiro atoms. The number of nitrogens with zero attached hydrogens (tertiary/aromatic N) is 1. The lowest BCUT2D eigenvalue weighted by Crippen LogP contribution is -2.60. The Morgan fingerprint density at radius 1 is 0.973 bits per heavy atom. The Bertz CT molecular complexity index is 925. The quantitative estimate of drug-likeness (QED) is 0.221. The van der Waals surface area contributed by atoms with Crippen LogP contribution in [0.4, 0.5) is 0 Å². The molecule has 1 aliphatic carbocycles. The Hall–Kier alpha value is -2.85. The molecule has 1 saturated carbocycles. The topological polar surface area (TPSA) is 150 Å². The molecule has 206 valence electrons. The summed E-state index contributed by atoms with van der Waals surface area (Å²) in [4.78, 5) is 55.2. The van der Waals surface area contributed by atoms with Crippen molar-refractivity contribution in [1.82, 2.24) is 26.3 Å². The second-order valence-corrected chi connectivity index (χ2v) is 11.3. The zero-order valence-electron chi connectivity index (χ0n) is 22.8. The van der Waals surface area contributed by atoms with Crippen LogP contribution < -0.4 is 21.3 Å². The summed E-state index contributed by atoms with van der Waals surface area (Å²) < 4.78 is 0. The number of carbonyl (C=O) groups excluding carboxylic acids is 4. The van der Waals surface area contributed by atoms with Gasteiger partial charge in [0, 0.05) is 24.0 Å². The number of hydrogen-bond acceptors (Lipinski definition) is 7. The zero-order valence-corrected chi connectivity index (χ0v) is 22.8. The molecule has 3 amide bonds. The van der Waals surface area contributed by atoms with Crippen LogP contribution in [0.2, 0.25) is 0 Å². The largest absolute Gasteiger partial charge is 0.376 e. The van der Waals surface area contributed by atoms with Crippen LogP contribution in [0.3, 0.4) is 0 Å². The monoisotopic (exact) mass is 517 g/mol. The molecule has 0 aromatic carbocycles. The van der Waals surface area contributed by atoms with Crippen LogP contribution in [-0.2, 0) is 14.4 Å². The van der Waals surface area contributed by atoms with Crippen LogP contribution in [0.5, 0.6) is 0 Å². The van der Waals surface area contributed by atoms with E-state index in [0.717, 1.165) is 32.1 Å². The highest BCUT2D eigenvalue weighted by Gasteiger charge is 2.36. The van der Waals surface area contributed by atoms with Gasteiger partial charge in [0.1, 0.15) is 12.3 Å². The van der Waals surface area contributed by atoms with Gasteiger partial charge in [-0.1, -0.05) is 53.9 Å². The van der Waals surface area contributed by atoms with E-state index in [1.807, 2.05) is 20.8 Å². The first-order valence-electron chi connectivity index (χ1n) is 13.1. The molecule has 0 radical (unpaired) electrons. The second kappa shape index (κ2) is 13.6. The maximum absolute atomic E-state index is 13.1. The highest BCUT2D eigenvalue weighted by atomic mass is 16.3. The summed E-state index contributed by atoms with van der Waals surface area (Å²) in [6, 6.07) is 0.464. The van der Waals surface area contributed by atoms with Crippen molar-refractivity contribution in [2.45, 2.75) is 104 Å². The molecule has 10 nitrogen and oxygen atoms in total. The summed E-state index contributed by atoms with van der Waals surface area (Å²) in [6.07, 6.45) is 6.59. The van der Waals surface area contributed by atoms with Crippen molar-refractivity contribution >= 4 is 23.5 Å². The number of aliphatic hydroxyl groups excluding tert-OH is 1. The number of nitrogens with one attached hydrogen (secondary N) is 4. The maximum atomic E-state index is 13.1. The molecule has 1 aromatic heterocycles. The van der Waals surface area contributed by atoms with Gasteiger partial charge < -0.3 is 21.1 Å². The number of Topliss-reactive ketones (excluding diaryl/α,β-unsaturated/α-hetero) is 1. The molecule has 4 unspecified atom stereocenters. The van der Waals surface area contributed by atoms with E-state index in [-0.39, 0.29) is 12.0 Å². The SMILES string of the molecule is CC(C)C(NC(O)C(C)NC(=O)C(NC(=O)c1ccncc1)C(C)(C)C)C(=O)C(=O)NC1CCCCC1. The molecule has 0 aliphatic heterocycles. The van der Waals surface area contributed by atoms with Crippen molar-refractivity contribution < 1.29 is 24.3 Å². The van der Waals surface area contributed by atoms with Gasteiger partial charge in [0.2, 0.25) is 11.7 Å². The summed E-state index contributed by atoms with van der Waals surface area (Å²) in [5.41, 5.74) is -0.255. The highest BCUT2D eigenvalue weighted by molar-refractivity contribution is 6.38. The number of rotatable bonds is 11. The minimum atomic E-state index is -1.31. The Morgan fingerprint density at radius 2 is 1.57 bits per heavy atom. The van der Waals surface area contributed by atoms with Crippen molar-refractivity contribution in [3.63, 3.8) is 0 Å². The summed E-state index contributed by atoms with van der Waals surface area (Å²) >= 11 is 0. The molecule has 0 bridgehead atoms. The van der Waals surface area contributed by atoms with Crippen molar-refractivity contribution in [1.29, 1.82) is 0 Å². The van der Waals surface area contributed by atoms with E-state index in [9.17, 15) is 24.3 Å². The molecule has 1 aromatic rings. The maximum Gasteiger partial charge on any atom is 0.289 e. The van der Waals surface area contributed by atoms with Crippen LogP contribution in [-0.4, -0.2) is 64.0 Å². The van der Waals surface area contributed by atoms with Gasteiger partial charge in [0.25, 0.3) is 11.8 Å². The van der Waals surface area contributed by atoms with Crippen LogP contribution >= 0.6 is 0 Å². The van der Waals surface area contributed by atoms with Gasteiger partial charge in [-0.05, 0) is 43.2 Å². The number of aliphatic hydroxyl groups is 1. The minimum Gasteiger partial charge on any atom is -0.376 e. The van der Waals surface area contributed by atoms with Crippen molar-refractivity contribution in [2.75, 3.05) is 0 Å². The van der Waals surface area contributed by atoms with Crippen molar-refractivity contribution in [3.05, 3.63) is 30.1 Å². The van der Waals surface area contributed by atoms with Gasteiger partial charge in [-0.2, -0.15) is 0 Å². The number of pyridine rings is 1. The number of amides is 3. The van der Waals surface area contributed by atoms with Crippen LogP contribution in [0.15, 0.2) is 24.5 Å². The summed E-state index contributed by atoms with van der Waals surface area (Å²) in [7, 11) is 0. The number of hydrogen-bond donors (Lipinski definition) is 5. The first kappa shape index (κ1) is 30.4. The molecule has 2 rings (SSSR count). The normalized spacial score (nSPS) is 17.8. The first-order chi connectivity index (χ1) is 17.3. The Kier molecular flexibility index (Phi) is 11.2. The van der Waals surface area contributed by atoms with E-state index in [4.69, 9.17) is 0 Å². The Balaban J connectivity index is 2.01. The van der Waals surface area contributed by atoms with Gasteiger partial charge in [-0.25, -0.2) is 0 Å². The fraction of sp³-hybridized carbons (Fsp3) is 0.667. The van der Waals surface area contributed by atoms with Crippen LogP contribution in [0.25, 0.3) is 0 Å². The molecule has 0 saturated heterocycles. The fourth-order valence-corrected chi connectivity index (χ4v) is 4.32. The average Bonchev–Trinajstić information content (AvgIpc) is 2.85. The average molecular weight is 518 g/mol. The predicted molar refractivity (Wildman–Crippen MR) is 140 cm³/mol. The molecular formula is C27H43N5O5. The molecule has 10 heteroatoms. The lowest BCUT2D eigenvalue weighted by molar-refractivity contribution is -0.141. The third-order valence-corrected chi connectivity index (χ3v) is 6.65. The van der Waals surface area contributed by atoms with E-state index in [0.29, 0.717) is 5.56 Å². The number of ketones is 1. The summed E-state index contributed by atoms with van der Waals surface area (Å²) in [5, 5.41) is 21.9. The Labute approximate surface area is 219 Å². The smallest absolute Gasteiger partial charge is 0.289 e. The van der Waals surface area contributed by atoms with Crippen LogP contribution in [0, 0.1) is 11.3 Å². The molecule has 1 aliphatic rings. The number of carbonyl (C=O) groups is 4. The van der Waals surface area contributed by atoms with Gasteiger partial charge in [0.15, 0.2) is 0 Å². The first-order valence-corrected chi connectivity index (χ1v) is 13.1. The molecule has 1 heterocycles. The lowest BCUT2D eigenvalue weighted by atomic mass is 9.85. The molecule has 4 atom stereocenters. The third kappa shape index (κ3) is 9.19. The standard InChI is InChI=1S/C27H43N5O5/c1-16(2)20(21(33)25(36)30-19-10-8-7-9-11-19)31-23(34)17(3)29-26(37)22(27(4,5)6)32-24(35)18-12-14-28-15-13-18/h12-17,19-20,22-23,31,34H,7-11H2,1-6H3,(H,29,37)(H,30,36)(H,32,35). The number of aromatic nitrogens is 1. The molecule has 37 heavy (non-hydrogen) atoms. The van der Waals surface area contributed by atoms with Gasteiger partial charge >= 0.3 is 0 Å². The summed E-state index contributed by atoms with van der Waals surface area (Å²) in [6.45, 7) is 10.6. The van der Waals surface area contributed by atoms with Gasteiger partial charge in [-0.3, -0.25) is 29.5 Å². The zero-order chi connectivity index (χ0) is 27.8. The second-order valence-electron chi connectivity index (χ2n) is 11.3. The summed E-state index contributed by atoms with van der Waals surface area (Å²) in [5.74, 6) is -2.47. The molecule has 5 N–H and O–H groups in total. The Morgan fingerprint density at radius 3 is 2.11 bits per heavy atom. The van der Waals surface area contributed by atoms with E-state index in [1.54, 1.807) is 32.9 Å². The minimum absolute atomic E-state index is 0.00200. The highest BCUT2D eigenvalue weighted by Crippen LogP contribution is 2.21. The predicted octanol–water partition coefficient (Wildman–Crippen LogP) is 1.68. The van der Waals surface area contributed by atoms with E-state index in [2.05, 4.69) is 26.3 Å². The van der Waals surface area contributed by atoms with E-state index >= 15 is 0 Å². The van der Waals surface area contributed by atoms with E-state index < -0.39 is 53.3 Å². The molecular weight excluding hydrogens is 474 g/mol. The van der Waals surface area contributed by atoms with Crippen molar-refractivity contribution in [2.24, 2.45) is 11.3 Å². The van der Waals surface area contributed by atoms with Gasteiger partial charge in [-0.15, -0.1) is 0 Å². The lowest BCUT2D eigenvalue weighted by Gasteiger charge is -2.33. The fourth-order valence-electron chi connectivity index (χ4n) is 4.32.